The Balaban J connectivity index is 1.79. The Labute approximate surface area is 178 Å². The summed E-state index contributed by atoms with van der Waals surface area (Å²) in [6.07, 6.45) is 1.83. The Hall–Kier alpha value is -3.11. The standard InChI is InChI=1S/C25H20BrNO2/c1-29-21-13-6-17(7-14-21)16-27-24(19-8-11-20(26)12-9-19)23-15-10-18-4-2-3-5-22(18)25(23)28/h2-16,24,28H,1H3. The zero-order valence-corrected chi connectivity index (χ0v) is 17.5. The summed E-state index contributed by atoms with van der Waals surface area (Å²) in [4.78, 5) is 4.85. The lowest BCUT2D eigenvalue weighted by atomic mass is 9.95. The van der Waals surface area contributed by atoms with E-state index in [2.05, 4.69) is 15.9 Å². The maximum atomic E-state index is 11.0. The van der Waals surface area contributed by atoms with Crippen LogP contribution in [0, 0.1) is 0 Å². The average molecular weight is 446 g/mol. The molecule has 0 aliphatic carbocycles. The summed E-state index contributed by atoms with van der Waals surface area (Å²) in [7, 11) is 1.65. The zero-order chi connectivity index (χ0) is 20.2. The number of aliphatic imine (C=N–C) groups is 1. The van der Waals surface area contributed by atoms with Gasteiger partial charge in [0, 0.05) is 21.6 Å². The highest BCUT2D eigenvalue weighted by molar-refractivity contribution is 9.10. The van der Waals surface area contributed by atoms with E-state index in [1.54, 1.807) is 7.11 Å². The predicted molar refractivity (Wildman–Crippen MR) is 122 cm³/mol. The minimum absolute atomic E-state index is 0.267. The molecule has 0 amide bonds. The van der Waals surface area contributed by atoms with Gasteiger partial charge in [0.2, 0.25) is 0 Å². The number of aromatic hydroxyl groups is 1. The molecule has 0 saturated carbocycles. The van der Waals surface area contributed by atoms with Gasteiger partial charge in [-0.1, -0.05) is 64.5 Å². The quantitative estimate of drug-likeness (QED) is 0.355. The van der Waals surface area contributed by atoms with Gasteiger partial charge in [0.1, 0.15) is 17.5 Å². The smallest absolute Gasteiger partial charge is 0.129 e. The van der Waals surface area contributed by atoms with E-state index < -0.39 is 0 Å². The van der Waals surface area contributed by atoms with Gasteiger partial charge < -0.3 is 9.84 Å². The molecule has 29 heavy (non-hydrogen) atoms. The maximum absolute atomic E-state index is 11.0. The molecule has 1 atom stereocenters. The average Bonchev–Trinajstić information content (AvgIpc) is 2.77. The number of benzene rings is 4. The zero-order valence-electron chi connectivity index (χ0n) is 15.9. The monoisotopic (exact) mass is 445 g/mol. The van der Waals surface area contributed by atoms with Crippen LogP contribution in [0.4, 0.5) is 0 Å². The molecule has 0 aliphatic heterocycles. The van der Waals surface area contributed by atoms with Gasteiger partial charge in [-0.25, -0.2) is 0 Å². The topological polar surface area (TPSA) is 41.8 Å². The fourth-order valence-corrected chi connectivity index (χ4v) is 3.60. The fourth-order valence-electron chi connectivity index (χ4n) is 3.33. The van der Waals surface area contributed by atoms with E-state index in [0.717, 1.165) is 37.7 Å². The van der Waals surface area contributed by atoms with E-state index in [-0.39, 0.29) is 11.8 Å². The van der Waals surface area contributed by atoms with Crippen LogP contribution >= 0.6 is 15.9 Å². The summed E-state index contributed by atoms with van der Waals surface area (Å²) >= 11 is 3.49. The number of hydrogen-bond acceptors (Lipinski definition) is 3. The van der Waals surface area contributed by atoms with Crippen molar-refractivity contribution in [1.82, 2.24) is 0 Å². The van der Waals surface area contributed by atoms with E-state index in [4.69, 9.17) is 9.73 Å². The molecule has 4 heteroatoms. The summed E-state index contributed by atoms with van der Waals surface area (Å²) in [5, 5.41) is 12.8. The van der Waals surface area contributed by atoms with E-state index in [9.17, 15) is 5.11 Å². The molecular weight excluding hydrogens is 426 g/mol. The summed E-state index contributed by atoms with van der Waals surface area (Å²) < 4.78 is 6.22. The van der Waals surface area contributed by atoms with Crippen molar-refractivity contribution in [2.75, 3.05) is 7.11 Å². The first-order valence-electron chi connectivity index (χ1n) is 9.29. The van der Waals surface area contributed by atoms with Crippen LogP contribution in [0.2, 0.25) is 0 Å². The largest absolute Gasteiger partial charge is 0.507 e. The molecule has 0 spiro atoms. The van der Waals surface area contributed by atoms with Gasteiger partial charge in [0.05, 0.1) is 7.11 Å². The normalized spacial score (nSPS) is 12.3. The lowest BCUT2D eigenvalue weighted by Crippen LogP contribution is -2.00. The molecule has 0 aliphatic rings. The van der Waals surface area contributed by atoms with Crippen LogP contribution in [0.1, 0.15) is 22.7 Å². The SMILES string of the molecule is COc1ccc(C=NC(c2ccc(Br)cc2)c2ccc3ccccc3c2O)cc1. The molecule has 0 saturated heterocycles. The maximum Gasteiger partial charge on any atom is 0.129 e. The third-order valence-corrected chi connectivity index (χ3v) is 5.43. The first-order valence-corrected chi connectivity index (χ1v) is 10.1. The second-order valence-corrected chi connectivity index (χ2v) is 7.65. The Kier molecular flexibility index (Phi) is 5.63. The highest BCUT2D eigenvalue weighted by atomic mass is 79.9. The predicted octanol–water partition coefficient (Wildman–Crippen LogP) is 6.53. The number of rotatable bonds is 5. The minimum atomic E-state index is -0.324. The first kappa shape index (κ1) is 19.2. The van der Waals surface area contributed by atoms with Crippen LogP contribution in [-0.2, 0) is 0 Å². The number of hydrogen-bond donors (Lipinski definition) is 1. The van der Waals surface area contributed by atoms with Crippen LogP contribution in [0.15, 0.2) is 94.4 Å². The second kappa shape index (κ2) is 8.50. The van der Waals surface area contributed by atoms with Crippen molar-refractivity contribution in [3.63, 3.8) is 0 Å². The molecule has 0 aromatic heterocycles. The number of ether oxygens (including phenoxy) is 1. The lowest BCUT2D eigenvalue weighted by molar-refractivity contribution is 0.415. The van der Waals surface area contributed by atoms with Gasteiger partial charge in [-0.3, -0.25) is 4.99 Å². The number of phenols is 1. The van der Waals surface area contributed by atoms with Crippen LogP contribution < -0.4 is 4.74 Å². The van der Waals surface area contributed by atoms with Gasteiger partial charge >= 0.3 is 0 Å². The van der Waals surface area contributed by atoms with Crippen LogP contribution in [0.3, 0.4) is 0 Å². The number of nitrogens with zero attached hydrogens (tertiary/aromatic N) is 1. The van der Waals surface area contributed by atoms with Crippen LogP contribution in [0.25, 0.3) is 10.8 Å². The molecule has 4 aromatic rings. The van der Waals surface area contributed by atoms with Crippen LogP contribution in [-0.4, -0.2) is 18.4 Å². The van der Waals surface area contributed by atoms with E-state index in [0.29, 0.717) is 0 Å². The molecule has 3 nitrogen and oxygen atoms in total. The van der Waals surface area contributed by atoms with Crippen molar-refractivity contribution in [3.05, 3.63) is 106 Å². The number of halogens is 1. The number of methoxy groups -OCH3 is 1. The molecular formula is C25H20BrNO2. The highest BCUT2D eigenvalue weighted by Crippen LogP contribution is 2.37. The van der Waals surface area contributed by atoms with Gasteiger partial charge in [0.15, 0.2) is 0 Å². The highest BCUT2D eigenvalue weighted by Gasteiger charge is 2.18. The van der Waals surface area contributed by atoms with E-state index >= 15 is 0 Å². The lowest BCUT2D eigenvalue weighted by Gasteiger charge is -2.17. The Bertz CT molecular complexity index is 1150. The molecule has 144 valence electrons. The Morgan fingerprint density at radius 3 is 2.34 bits per heavy atom. The van der Waals surface area contributed by atoms with Crippen LogP contribution in [0.5, 0.6) is 11.5 Å². The fraction of sp³-hybridized carbons (Fsp3) is 0.0800. The minimum Gasteiger partial charge on any atom is -0.507 e. The van der Waals surface area contributed by atoms with Gasteiger partial charge in [-0.2, -0.15) is 0 Å². The molecule has 0 bridgehead atoms. The van der Waals surface area contributed by atoms with Gasteiger partial charge in [0.25, 0.3) is 0 Å². The van der Waals surface area contributed by atoms with Gasteiger partial charge in [-0.05, 0) is 52.9 Å². The molecule has 1 N–H and O–H groups in total. The van der Waals surface area contributed by atoms with Gasteiger partial charge in [-0.15, -0.1) is 0 Å². The van der Waals surface area contributed by atoms with Crippen molar-refractivity contribution < 1.29 is 9.84 Å². The van der Waals surface area contributed by atoms with Crippen molar-refractivity contribution in [2.24, 2.45) is 4.99 Å². The second-order valence-electron chi connectivity index (χ2n) is 6.73. The van der Waals surface area contributed by atoms with Crippen molar-refractivity contribution in [3.8, 4) is 11.5 Å². The molecule has 1 unspecified atom stereocenters. The third kappa shape index (κ3) is 4.17. The molecule has 0 fully saturated rings. The van der Waals surface area contributed by atoms with Crippen molar-refractivity contribution >= 4 is 32.9 Å². The summed E-state index contributed by atoms with van der Waals surface area (Å²) in [6, 6.07) is 27.2. The van der Waals surface area contributed by atoms with E-state index in [1.807, 2.05) is 91.1 Å². The van der Waals surface area contributed by atoms with Crippen molar-refractivity contribution in [2.45, 2.75) is 6.04 Å². The first-order chi connectivity index (χ1) is 14.2. The molecule has 4 aromatic carbocycles. The molecule has 0 radical (unpaired) electrons. The third-order valence-electron chi connectivity index (χ3n) is 4.90. The summed E-state index contributed by atoms with van der Waals surface area (Å²) in [5.74, 6) is 1.07. The van der Waals surface area contributed by atoms with Crippen molar-refractivity contribution in [1.29, 1.82) is 0 Å². The molecule has 4 rings (SSSR count). The Morgan fingerprint density at radius 1 is 0.897 bits per heavy atom. The van der Waals surface area contributed by atoms with E-state index in [1.165, 1.54) is 0 Å². The summed E-state index contributed by atoms with van der Waals surface area (Å²) in [6.45, 7) is 0. The number of phenolic OH excluding ortho intramolecular Hbond substituents is 1. The number of fused-ring (bicyclic) bond motifs is 1. The Morgan fingerprint density at radius 2 is 1.62 bits per heavy atom. The summed E-state index contributed by atoms with van der Waals surface area (Å²) in [5.41, 5.74) is 2.74. The molecule has 0 heterocycles.